The molecule has 0 atom stereocenters. The molecule has 1 N–H and O–H groups in total. The highest BCUT2D eigenvalue weighted by atomic mass is 19.3. The van der Waals surface area contributed by atoms with Gasteiger partial charge in [0.1, 0.15) is 40.3 Å². The van der Waals surface area contributed by atoms with Crippen LogP contribution >= 0.6 is 0 Å². The Bertz CT molecular complexity index is 1640. The molecule has 42 heavy (non-hydrogen) atoms. The minimum absolute atomic E-state index is 0.0360. The number of anilines is 1. The molecular formula is C29H28F4N4O5. The lowest BCUT2D eigenvalue weighted by atomic mass is 10.1. The Kier molecular flexibility index (Phi) is 8.88. The molecule has 0 bridgehead atoms. The van der Waals surface area contributed by atoms with Gasteiger partial charge in [0.2, 0.25) is 0 Å². The Hall–Kier alpha value is -4.81. The van der Waals surface area contributed by atoms with E-state index in [0.29, 0.717) is 18.1 Å². The highest BCUT2D eigenvalue weighted by Gasteiger charge is 2.28. The molecule has 0 spiro atoms. The van der Waals surface area contributed by atoms with Gasteiger partial charge in [0.25, 0.3) is 11.5 Å². The summed E-state index contributed by atoms with van der Waals surface area (Å²) in [5.41, 5.74) is -1.73. The molecule has 0 fully saturated rings. The van der Waals surface area contributed by atoms with Gasteiger partial charge in [-0.15, -0.1) is 0 Å². The van der Waals surface area contributed by atoms with Crippen LogP contribution in [0.3, 0.4) is 0 Å². The second-order valence-electron chi connectivity index (χ2n) is 9.69. The van der Waals surface area contributed by atoms with Crippen LogP contribution in [-0.2, 0) is 7.05 Å². The average molecular weight is 589 g/mol. The largest absolute Gasteiger partial charge is 0.497 e. The molecule has 0 aliphatic heterocycles. The van der Waals surface area contributed by atoms with Crippen LogP contribution < -0.4 is 25.1 Å². The molecule has 0 saturated carbocycles. The fourth-order valence-corrected chi connectivity index (χ4v) is 4.20. The molecule has 2 heterocycles. The number of benzene rings is 2. The fourth-order valence-electron chi connectivity index (χ4n) is 4.20. The summed E-state index contributed by atoms with van der Waals surface area (Å²) >= 11 is 0. The van der Waals surface area contributed by atoms with Crippen LogP contribution in [0.5, 0.6) is 17.2 Å². The van der Waals surface area contributed by atoms with Crippen molar-refractivity contribution >= 4 is 11.6 Å². The topological polar surface area (TPSA) is 96.6 Å². The Morgan fingerprint density at radius 2 is 1.64 bits per heavy atom. The zero-order valence-corrected chi connectivity index (χ0v) is 23.4. The van der Waals surface area contributed by atoms with Crippen molar-refractivity contribution < 1.29 is 36.6 Å². The number of ether oxygens (including phenoxy) is 3. The van der Waals surface area contributed by atoms with E-state index in [4.69, 9.17) is 9.47 Å². The summed E-state index contributed by atoms with van der Waals surface area (Å²) in [5.74, 6) is -2.53. The van der Waals surface area contributed by atoms with Crippen molar-refractivity contribution in [2.24, 2.45) is 13.0 Å². The quantitative estimate of drug-likeness (QED) is 0.238. The number of aromatic nitrogens is 3. The highest BCUT2D eigenvalue weighted by molar-refractivity contribution is 6.06. The van der Waals surface area contributed by atoms with Gasteiger partial charge in [-0.25, -0.2) is 13.8 Å². The number of hydrogen-bond acceptors (Lipinski definition) is 6. The number of amides is 1. The fraction of sp³-hybridized carbons (Fsp3) is 0.276. The molecule has 1 amide bonds. The zero-order chi connectivity index (χ0) is 30.7. The number of aryl methyl sites for hydroxylation is 1. The summed E-state index contributed by atoms with van der Waals surface area (Å²) in [5, 5.41) is 2.43. The molecule has 2 aromatic carbocycles. The van der Waals surface area contributed by atoms with Crippen LogP contribution in [0.1, 0.15) is 29.9 Å². The summed E-state index contributed by atoms with van der Waals surface area (Å²) in [7, 11) is 2.62. The van der Waals surface area contributed by atoms with E-state index in [2.05, 4.69) is 15.0 Å². The second-order valence-corrected chi connectivity index (χ2v) is 9.69. The van der Waals surface area contributed by atoms with Gasteiger partial charge in [-0.05, 0) is 37.1 Å². The van der Waals surface area contributed by atoms with Gasteiger partial charge in [0.15, 0.2) is 5.82 Å². The number of carbonyl (C=O) groups excluding carboxylic acids is 1. The van der Waals surface area contributed by atoms with Crippen LogP contribution in [0.2, 0.25) is 0 Å². The van der Waals surface area contributed by atoms with Gasteiger partial charge in [-0.1, -0.05) is 13.8 Å². The standard InChI is InChI=1S/C29H28F4N4O5/c1-15(2)14-41-20-10-16(3)34-23(13-20)37-28(39)25(35-27(38)17-6-8-18(9-7-17)42-29(32)33)26(36(37)4)24-21(30)11-19(40-5)12-22(24)31/h6-13,15,29H,14H2,1-5H3,(H,35,38). The lowest BCUT2D eigenvalue weighted by Gasteiger charge is -2.14. The van der Waals surface area contributed by atoms with Crippen LogP contribution in [0.4, 0.5) is 23.2 Å². The van der Waals surface area contributed by atoms with Crippen LogP contribution in [0.15, 0.2) is 53.3 Å². The predicted octanol–water partition coefficient (Wildman–Crippen LogP) is 5.72. The number of rotatable bonds is 10. The number of nitrogens with zero attached hydrogens (tertiary/aromatic N) is 3. The number of nitrogens with one attached hydrogen (secondary N) is 1. The molecule has 4 aromatic rings. The summed E-state index contributed by atoms with van der Waals surface area (Å²) < 4.78 is 72.9. The number of carbonyl (C=O) groups is 1. The van der Waals surface area contributed by atoms with E-state index in [0.717, 1.165) is 28.9 Å². The molecule has 0 unspecified atom stereocenters. The predicted molar refractivity (Wildman–Crippen MR) is 147 cm³/mol. The number of pyridine rings is 1. The number of hydrogen-bond donors (Lipinski definition) is 1. The van der Waals surface area contributed by atoms with E-state index >= 15 is 8.78 Å². The SMILES string of the molecule is COc1cc(F)c(-c2c(NC(=O)c3ccc(OC(F)F)cc3)c(=O)n(-c3cc(OCC(C)C)cc(C)n3)n2C)c(F)c1. The average Bonchev–Trinajstić information content (AvgIpc) is 3.15. The Morgan fingerprint density at radius 1 is 1.00 bits per heavy atom. The zero-order valence-electron chi connectivity index (χ0n) is 23.4. The molecule has 2 aromatic heterocycles. The van der Waals surface area contributed by atoms with Crippen LogP contribution in [-0.4, -0.2) is 40.6 Å². The minimum Gasteiger partial charge on any atom is -0.497 e. The summed E-state index contributed by atoms with van der Waals surface area (Å²) in [4.78, 5) is 31.4. The first-order valence-electron chi connectivity index (χ1n) is 12.7. The van der Waals surface area contributed by atoms with Crippen molar-refractivity contribution in [3.8, 4) is 34.3 Å². The third kappa shape index (κ3) is 6.40. The normalized spacial score (nSPS) is 11.2. The Morgan fingerprint density at radius 3 is 2.21 bits per heavy atom. The number of methoxy groups -OCH3 is 1. The molecule has 0 aliphatic carbocycles. The summed E-state index contributed by atoms with van der Waals surface area (Å²) in [6.07, 6.45) is 0. The van der Waals surface area contributed by atoms with Gasteiger partial charge in [-0.3, -0.25) is 14.3 Å². The number of alkyl halides is 2. The van der Waals surface area contributed by atoms with Crippen LogP contribution in [0.25, 0.3) is 17.1 Å². The maximum atomic E-state index is 15.3. The van der Waals surface area contributed by atoms with Gasteiger partial charge >= 0.3 is 6.61 Å². The Balaban J connectivity index is 1.88. The lowest BCUT2D eigenvalue weighted by Crippen LogP contribution is -2.24. The third-order valence-corrected chi connectivity index (χ3v) is 6.05. The molecule has 0 aliphatic rings. The van der Waals surface area contributed by atoms with Crippen molar-refractivity contribution in [3.05, 3.63) is 81.8 Å². The molecular weight excluding hydrogens is 560 g/mol. The minimum atomic E-state index is -3.06. The van der Waals surface area contributed by atoms with Crippen LogP contribution in [0, 0.1) is 24.5 Å². The monoisotopic (exact) mass is 588 g/mol. The van der Waals surface area contributed by atoms with Gasteiger partial charge in [-0.2, -0.15) is 13.5 Å². The lowest BCUT2D eigenvalue weighted by molar-refractivity contribution is -0.0498. The van der Waals surface area contributed by atoms with Crippen molar-refractivity contribution in [3.63, 3.8) is 0 Å². The van der Waals surface area contributed by atoms with Crippen molar-refractivity contribution in [1.29, 1.82) is 0 Å². The van der Waals surface area contributed by atoms with E-state index in [1.165, 1.54) is 37.0 Å². The first-order valence-corrected chi connectivity index (χ1v) is 12.7. The summed E-state index contributed by atoms with van der Waals surface area (Å²) in [6, 6.07) is 9.73. The van der Waals surface area contributed by atoms with Gasteiger partial charge in [0, 0.05) is 42.6 Å². The van der Waals surface area contributed by atoms with Crippen molar-refractivity contribution in [1.82, 2.24) is 14.3 Å². The third-order valence-electron chi connectivity index (χ3n) is 6.05. The second kappa shape index (κ2) is 12.4. The summed E-state index contributed by atoms with van der Waals surface area (Å²) in [6.45, 7) is 2.95. The maximum absolute atomic E-state index is 15.3. The Labute approximate surface area is 238 Å². The highest BCUT2D eigenvalue weighted by Crippen LogP contribution is 2.34. The van der Waals surface area contributed by atoms with E-state index in [9.17, 15) is 18.4 Å². The first-order chi connectivity index (χ1) is 19.9. The van der Waals surface area contributed by atoms with Crippen molar-refractivity contribution in [2.45, 2.75) is 27.4 Å². The van der Waals surface area contributed by atoms with E-state index in [1.54, 1.807) is 13.0 Å². The number of halogens is 4. The van der Waals surface area contributed by atoms with E-state index in [-0.39, 0.29) is 34.5 Å². The maximum Gasteiger partial charge on any atom is 0.387 e. The molecule has 4 rings (SSSR count). The van der Waals surface area contributed by atoms with E-state index in [1.807, 2.05) is 13.8 Å². The molecule has 0 radical (unpaired) electrons. The molecule has 0 saturated heterocycles. The molecule has 13 heteroatoms. The van der Waals surface area contributed by atoms with Gasteiger partial charge < -0.3 is 19.5 Å². The van der Waals surface area contributed by atoms with Gasteiger partial charge in [0.05, 0.1) is 19.3 Å². The molecule has 222 valence electrons. The first kappa shape index (κ1) is 30.2. The molecule has 9 nitrogen and oxygen atoms in total. The van der Waals surface area contributed by atoms with Crippen molar-refractivity contribution in [2.75, 3.05) is 19.0 Å². The van der Waals surface area contributed by atoms with E-state index < -0.39 is 41.0 Å². The smallest absolute Gasteiger partial charge is 0.387 e.